The first-order chi connectivity index (χ1) is 13.4. The quantitative estimate of drug-likeness (QED) is 0.307. The minimum Gasteiger partial charge on any atom is -0.0683 e. The van der Waals surface area contributed by atoms with Crippen molar-refractivity contribution in [3.8, 4) is 0 Å². The van der Waals surface area contributed by atoms with Crippen LogP contribution in [0.4, 0.5) is 0 Å². The molecule has 0 N–H and O–H groups in total. The van der Waals surface area contributed by atoms with Crippen molar-refractivity contribution in [2.75, 3.05) is 0 Å². The molecular formula is C28H60. The van der Waals surface area contributed by atoms with Crippen LogP contribution in [0.1, 0.15) is 147 Å². The Bertz CT molecular complexity index is 318. The van der Waals surface area contributed by atoms with Gasteiger partial charge in [0.05, 0.1) is 0 Å². The summed E-state index contributed by atoms with van der Waals surface area (Å²) in [6, 6.07) is 0. The van der Waals surface area contributed by atoms with Crippen molar-refractivity contribution in [1.82, 2.24) is 0 Å². The van der Waals surface area contributed by atoms with Crippen molar-refractivity contribution < 1.29 is 0 Å². The Hall–Kier alpha value is 0. The van der Waals surface area contributed by atoms with E-state index in [0.29, 0.717) is 5.41 Å². The molecule has 5 atom stereocenters. The van der Waals surface area contributed by atoms with Crippen LogP contribution in [-0.4, -0.2) is 0 Å². The highest BCUT2D eigenvalue weighted by molar-refractivity contribution is 4.93. The van der Waals surface area contributed by atoms with Crippen molar-refractivity contribution in [1.29, 1.82) is 0 Å². The summed E-state index contributed by atoms with van der Waals surface area (Å²) in [5.41, 5.74) is 0.644. The van der Waals surface area contributed by atoms with Gasteiger partial charge in [-0.05, 0) is 67.1 Å². The zero-order valence-corrected chi connectivity index (χ0v) is 22.2. The summed E-state index contributed by atoms with van der Waals surface area (Å²) in [5.74, 6) is 4.81. The van der Waals surface area contributed by atoms with Gasteiger partial charge in [-0.1, -0.05) is 115 Å². The van der Waals surface area contributed by atoms with Crippen LogP contribution in [-0.2, 0) is 0 Å². The predicted molar refractivity (Wildman–Crippen MR) is 133 cm³/mol. The SMILES string of the molecule is CC.CC.CCCC(CCC1CCC(C)(CC)C1CCC)CC(CC)C(C)C. The maximum atomic E-state index is 2.59. The largest absolute Gasteiger partial charge is 0.0683 e. The lowest BCUT2D eigenvalue weighted by Gasteiger charge is -2.34. The van der Waals surface area contributed by atoms with Gasteiger partial charge >= 0.3 is 0 Å². The highest BCUT2D eigenvalue weighted by Crippen LogP contribution is 2.52. The van der Waals surface area contributed by atoms with E-state index >= 15 is 0 Å². The Morgan fingerprint density at radius 1 is 0.857 bits per heavy atom. The summed E-state index contributed by atoms with van der Waals surface area (Å²) in [6.07, 6.45) is 15.9. The predicted octanol–water partition coefficient (Wildman–Crippen LogP) is 10.6. The van der Waals surface area contributed by atoms with Crippen LogP contribution >= 0.6 is 0 Å². The van der Waals surface area contributed by atoms with E-state index < -0.39 is 0 Å². The first kappa shape index (κ1) is 30.2. The zero-order chi connectivity index (χ0) is 22.2. The van der Waals surface area contributed by atoms with E-state index in [-0.39, 0.29) is 0 Å². The van der Waals surface area contributed by atoms with Crippen LogP contribution in [0, 0.1) is 35.0 Å². The van der Waals surface area contributed by atoms with Gasteiger partial charge in [0.25, 0.3) is 0 Å². The van der Waals surface area contributed by atoms with Gasteiger partial charge in [0.1, 0.15) is 0 Å². The molecule has 0 heteroatoms. The normalized spacial score (nSPS) is 26.1. The maximum absolute atomic E-state index is 2.59. The minimum absolute atomic E-state index is 0.644. The van der Waals surface area contributed by atoms with Crippen LogP contribution in [0.15, 0.2) is 0 Å². The van der Waals surface area contributed by atoms with E-state index in [9.17, 15) is 0 Å². The average Bonchev–Trinajstić information content (AvgIpc) is 3.03. The van der Waals surface area contributed by atoms with E-state index in [2.05, 4.69) is 48.5 Å². The van der Waals surface area contributed by atoms with Crippen LogP contribution in [0.25, 0.3) is 0 Å². The van der Waals surface area contributed by atoms with E-state index in [0.717, 1.165) is 29.6 Å². The van der Waals surface area contributed by atoms with Crippen molar-refractivity contribution in [3.05, 3.63) is 0 Å². The van der Waals surface area contributed by atoms with Gasteiger partial charge in [-0.2, -0.15) is 0 Å². The molecule has 0 aliphatic heterocycles. The van der Waals surface area contributed by atoms with Crippen LogP contribution in [0.2, 0.25) is 0 Å². The molecule has 1 fully saturated rings. The third kappa shape index (κ3) is 10.2. The Balaban J connectivity index is 0. The van der Waals surface area contributed by atoms with E-state index in [1.165, 1.54) is 70.6 Å². The fraction of sp³-hybridized carbons (Fsp3) is 1.00. The van der Waals surface area contributed by atoms with Gasteiger partial charge in [-0.3, -0.25) is 0 Å². The third-order valence-electron chi connectivity index (χ3n) is 7.70. The van der Waals surface area contributed by atoms with Crippen molar-refractivity contribution in [2.45, 2.75) is 147 Å². The molecule has 0 radical (unpaired) electrons. The monoisotopic (exact) mass is 396 g/mol. The molecular weight excluding hydrogens is 336 g/mol. The van der Waals surface area contributed by atoms with E-state index in [4.69, 9.17) is 0 Å². The summed E-state index contributed by atoms with van der Waals surface area (Å²) >= 11 is 0. The second-order valence-electron chi connectivity index (χ2n) is 9.58. The molecule has 1 aliphatic rings. The molecule has 0 aromatic rings. The van der Waals surface area contributed by atoms with Gasteiger partial charge in [0, 0.05) is 0 Å². The molecule has 0 amide bonds. The summed E-state index contributed by atoms with van der Waals surface area (Å²) in [6.45, 7) is 25.0. The van der Waals surface area contributed by atoms with Crippen LogP contribution in [0.3, 0.4) is 0 Å². The molecule has 28 heavy (non-hydrogen) atoms. The molecule has 5 unspecified atom stereocenters. The van der Waals surface area contributed by atoms with E-state index in [1.807, 2.05) is 27.7 Å². The topological polar surface area (TPSA) is 0 Å². The number of rotatable bonds is 12. The lowest BCUT2D eigenvalue weighted by atomic mass is 9.71. The highest BCUT2D eigenvalue weighted by Gasteiger charge is 2.42. The molecule has 0 nitrogen and oxygen atoms in total. The van der Waals surface area contributed by atoms with Gasteiger partial charge < -0.3 is 0 Å². The summed E-state index contributed by atoms with van der Waals surface area (Å²) < 4.78 is 0. The molecule has 0 saturated heterocycles. The Kier molecular flexibility index (Phi) is 19.2. The first-order valence-electron chi connectivity index (χ1n) is 13.4. The Morgan fingerprint density at radius 3 is 1.89 bits per heavy atom. The molecule has 1 saturated carbocycles. The van der Waals surface area contributed by atoms with Crippen LogP contribution < -0.4 is 0 Å². The first-order valence-corrected chi connectivity index (χ1v) is 13.4. The highest BCUT2D eigenvalue weighted by atomic mass is 14.5. The fourth-order valence-corrected chi connectivity index (χ4v) is 5.73. The lowest BCUT2D eigenvalue weighted by Crippen LogP contribution is -2.25. The Labute approximate surface area is 182 Å². The molecule has 172 valence electrons. The molecule has 0 aromatic carbocycles. The van der Waals surface area contributed by atoms with Gasteiger partial charge in [-0.15, -0.1) is 0 Å². The summed E-state index contributed by atoms with van der Waals surface area (Å²) in [5, 5.41) is 0. The van der Waals surface area contributed by atoms with Gasteiger partial charge in [0.15, 0.2) is 0 Å². The molecule has 1 rings (SSSR count). The molecule has 0 spiro atoms. The second kappa shape index (κ2) is 17.8. The molecule has 0 aromatic heterocycles. The molecule has 1 aliphatic carbocycles. The van der Waals surface area contributed by atoms with Crippen LogP contribution in [0.5, 0.6) is 0 Å². The van der Waals surface area contributed by atoms with Gasteiger partial charge in [-0.25, -0.2) is 0 Å². The maximum Gasteiger partial charge on any atom is -0.0297 e. The molecule has 0 bridgehead atoms. The lowest BCUT2D eigenvalue weighted by molar-refractivity contribution is 0.158. The summed E-state index contributed by atoms with van der Waals surface area (Å²) in [4.78, 5) is 0. The second-order valence-corrected chi connectivity index (χ2v) is 9.58. The smallest absolute Gasteiger partial charge is 0.0297 e. The third-order valence-corrected chi connectivity index (χ3v) is 7.70. The number of hydrogen-bond acceptors (Lipinski definition) is 0. The summed E-state index contributed by atoms with van der Waals surface area (Å²) in [7, 11) is 0. The van der Waals surface area contributed by atoms with Crippen molar-refractivity contribution in [2.24, 2.45) is 35.0 Å². The standard InChI is InChI=1S/C24H48.2C2H6/c1-8-12-20(18-21(10-3)19(5)6)14-15-22-16-17-24(7,11-4)23(22)13-9-2;2*1-2/h19-23H,8-18H2,1-7H3;2*1-2H3. The van der Waals surface area contributed by atoms with Gasteiger partial charge in [0.2, 0.25) is 0 Å². The minimum atomic E-state index is 0.644. The average molecular weight is 397 g/mol. The fourth-order valence-electron chi connectivity index (χ4n) is 5.73. The van der Waals surface area contributed by atoms with Crippen molar-refractivity contribution >= 4 is 0 Å². The number of hydrogen-bond donors (Lipinski definition) is 0. The molecule has 0 heterocycles. The zero-order valence-electron chi connectivity index (χ0n) is 22.2. The Morgan fingerprint density at radius 2 is 1.46 bits per heavy atom. The van der Waals surface area contributed by atoms with E-state index in [1.54, 1.807) is 0 Å². The van der Waals surface area contributed by atoms with Crippen molar-refractivity contribution in [3.63, 3.8) is 0 Å².